The smallest absolute Gasteiger partial charge is 0.307 e. The summed E-state index contributed by atoms with van der Waals surface area (Å²) in [6, 6.07) is 0. The Labute approximate surface area is 227 Å². The van der Waals surface area contributed by atoms with Crippen molar-refractivity contribution in [2.75, 3.05) is 6.61 Å². The van der Waals surface area contributed by atoms with Crippen LogP contribution >= 0.6 is 0 Å². The number of rotatable bonds is 20. The third-order valence-corrected chi connectivity index (χ3v) is 7.57. The molecule has 0 radical (unpaired) electrons. The standard InChI is InChI=1S/C33H54O4/c1-6-7-8-9-10-11-12-13-14-15-16-17-18-21-32(35)37-27-30(24-26-36-29(3)34)22-23-31-28(2)20-19-25-33(31,4)5/h6,20,22,24,26,31H,1,7-19,21,23,25,27H2,2-5H3. The lowest BCUT2D eigenvalue weighted by molar-refractivity contribution is -0.142. The van der Waals surface area contributed by atoms with Crippen LogP contribution in [0.1, 0.15) is 130 Å². The largest absolute Gasteiger partial charge is 0.461 e. The van der Waals surface area contributed by atoms with E-state index in [0.29, 0.717) is 12.3 Å². The van der Waals surface area contributed by atoms with Crippen LogP contribution in [-0.4, -0.2) is 18.5 Å². The van der Waals surface area contributed by atoms with Crippen molar-refractivity contribution in [3.63, 3.8) is 0 Å². The summed E-state index contributed by atoms with van der Waals surface area (Å²) in [4.78, 5) is 23.5. The molecule has 0 fully saturated rings. The number of hydrogen-bond acceptors (Lipinski definition) is 4. The summed E-state index contributed by atoms with van der Waals surface area (Å²) >= 11 is 0. The minimum Gasteiger partial charge on any atom is -0.461 e. The van der Waals surface area contributed by atoms with Crippen LogP contribution < -0.4 is 0 Å². The number of allylic oxidation sites excluding steroid dienone is 4. The monoisotopic (exact) mass is 514 g/mol. The van der Waals surface area contributed by atoms with Gasteiger partial charge in [0.2, 0.25) is 0 Å². The second kappa shape index (κ2) is 19.9. The van der Waals surface area contributed by atoms with Gasteiger partial charge in [0.25, 0.3) is 0 Å². The second-order valence-corrected chi connectivity index (χ2v) is 11.3. The first kappa shape index (κ1) is 32.9. The molecule has 1 rings (SSSR count). The van der Waals surface area contributed by atoms with Crippen molar-refractivity contribution in [2.45, 2.75) is 130 Å². The molecule has 1 atom stereocenters. The van der Waals surface area contributed by atoms with E-state index in [1.165, 1.54) is 83.0 Å². The number of hydrogen-bond donors (Lipinski definition) is 0. The van der Waals surface area contributed by atoms with Crippen molar-refractivity contribution in [3.05, 3.63) is 48.3 Å². The summed E-state index contributed by atoms with van der Waals surface area (Å²) in [5, 5.41) is 0. The highest BCUT2D eigenvalue weighted by atomic mass is 16.5. The quantitative estimate of drug-likeness (QED) is 0.0533. The highest BCUT2D eigenvalue weighted by Crippen LogP contribution is 2.43. The average molecular weight is 515 g/mol. The zero-order valence-electron chi connectivity index (χ0n) is 24.3. The predicted molar refractivity (Wildman–Crippen MR) is 155 cm³/mol. The highest BCUT2D eigenvalue weighted by Gasteiger charge is 2.31. The van der Waals surface area contributed by atoms with Crippen LogP contribution in [0.4, 0.5) is 0 Å². The summed E-state index contributed by atoms with van der Waals surface area (Å²) in [5.74, 6) is -0.0623. The predicted octanol–water partition coefficient (Wildman–Crippen LogP) is 9.56. The van der Waals surface area contributed by atoms with Gasteiger partial charge < -0.3 is 9.47 Å². The molecule has 0 aromatic carbocycles. The van der Waals surface area contributed by atoms with Crippen molar-refractivity contribution in [3.8, 4) is 0 Å². The molecule has 1 aliphatic carbocycles. The summed E-state index contributed by atoms with van der Waals surface area (Å²) in [6.45, 7) is 12.2. The maximum absolute atomic E-state index is 12.3. The molecule has 0 saturated carbocycles. The molecular weight excluding hydrogens is 460 g/mol. The molecule has 0 saturated heterocycles. The van der Waals surface area contributed by atoms with E-state index in [1.807, 2.05) is 6.08 Å². The fourth-order valence-corrected chi connectivity index (χ4v) is 5.16. The molecule has 37 heavy (non-hydrogen) atoms. The van der Waals surface area contributed by atoms with Gasteiger partial charge in [-0.15, -0.1) is 6.58 Å². The van der Waals surface area contributed by atoms with Gasteiger partial charge in [0, 0.05) is 13.3 Å². The van der Waals surface area contributed by atoms with Crippen molar-refractivity contribution in [1.82, 2.24) is 0 Å². The van der Waals surface area contributed by atoms with Crippen LogP contribution in [0, 0.1) is 11.3 Å². The van der Waals surface area contributed by atoms with Gasteiger partial charge >= 0.3 is 11.9 Å². The van der Waals surface area contributed by atoms with Crippen molar-refractivity contribution in [1.29, 1.82) is 0 Å². The number of carbonyl (C=O) groups excluding carboxylic acids is 2. The Morgan fingerprint density at radius 3 is 2.16 bits per heavy atom. The van der Waals surface area contributed by atoms with Gasteiger partial charge in [-0.3, -0.25) is 9.59 Å². The second-order valence-electron chi connectivity index (χ2n) is 11.3. The van der Waals surface area contributed by atoms with E-state index in [1.54, 1.807) is 6.08 Å². The van der Waals surface area contributed by atoms with E-state index in [0.717, 1.165) is 37.7 Å². The summed E-state index contributed by atoms with van der Waals surface area (Å²) < 4.78 is 10.5. The third-order valence-electron chi connectivity index (χ3n) is 7.57. The third kappa shape index (κ3) is 16.4. The summed E-state index contributed by atoms with van der Waals surface area (Å²) in [7, 11) is 0. The van der Waals surface area contributed by atoms with E-state index in [2.05, 4.69) is 39.5 Å². The van der Waals surface area contributed by atoms with E-state index in [-0.39, 0.29) is 24.0 Å². The molecule has 0 bridgehead atoms. The van der Waals surface area contributed by atoms with Gasteiger partial charge in [-0.05, 0) is 68.4 Å². The Morgan fingerprint density at radius 2 is 1.59 bits per heavy atom. The van der Waals surface area contributed by atoms with Crippen LogP contribution in [0.3, 0.4) is 0 Å². The molecule has 4 nitrogen and oxygen atoms in total. The number of esters is 2. The molecule has 0 spiro atoms. The maximum Gasteiger partial charge on any atom is 0.307 e. The van der Waals surface area contributed by atoms with E-state index in [9.17, 15) is 9.59 Å². The molecular formula is C33H54O4. The molecule has 1 aliphatic rings. The van der Waals surface area contributed by atoms with Crippen LogP contribution in [0.15, 0.2) is 48.3 Å². The normalized spacial score (nSPS) is 17.5. The van der Waals surface area contributed by atoms with Gasteiger partial charge in [-0.1, -0.05) is 95.4 Å². The number of carbonyl (C=O) groups is 2. The molecule has 1 unspecified atom stereocenters. The lowest BCUT2D eigenvalue weighted by Crippen LogP contribution is -2.27. The van der Waals surface area contributed by atoms with Gasteiger partial charge in [-0.2, -0.15) is 0 Å². The zero-order valence-corrected chi connectivity index (χ0v) is 24.3. The first-order valence-corrected chi connectivity index (χ1v) is 14.7. The van der Waals surface area contributed by atoms with Crippen molar-refractivity contribution in [2.24, 2.45) is 11.3 Å². The number of ether oxygens (including phenoxy) is 2. The summed E-state index contributed by atoms with van der Waals surface area (Å²) in [5.41, 5.74) is 2.53. The van der Waals surface area contributed by atoms with Crippen LogP contribution in [-0.2, 0) is 19.1 Å². The Morgan fingerprint density at radius 1 is 1.00 bits per heavy atom. The molecule has 0 N–H and O–H groups in total. The molecule has 0 aromatic rings. The Kier molecular flexibility index (Phi) is 17.7. The van der Waals surface area contributed by atoms with Crippen LogP contribution in [0.25, 0.3) is 0 Å². The number of unbranched alkanes of at least 4 members (excludes halogenated alkanes) is 11. The minimum atomic E-state index is -0.362. The van der Waals surface area contributed by atoms with Gasteiger partial charge in [-0.25, -0.2) is 0 Å². The summed E-state index contributed by atoms with van der Waals surface area (Å²) in [6.07, 6.45) is 28.1. The lowest BCUT2D eigenvalue weighted by atomic mass is 9.67. The fraction of sp³-hybridized carbons (Fsp3) is 0.697. The van der Waals surface area contributed by atoms with Gasteiger partial charge in [0.1, 0.15) is 6.61 Å². The molecule has 210 valence electrons. The molecule has 0 aliphatic heterocycles. The topological polar surface area (TPSA) is 52.6 Å². The Bertz CT molecular complexity index is 756. The minimum absolute atomic E-state index is 0.155. The van der Waals surface area contributed by atoms with E-state index in [4.69, 9.17) is 9.47 Å². The van der Waals surface area contributed by atoms with Crippen LogP contribution in [0.5, 0.6) is 0 Å². The Balaban J connectivity index is 2.30. The Hall–Kier alpha value is -2.10. The SMILES string of the molecule is C=CCCCCCCCCCCCCCC(=O)OCC(C=COC(C)=O)=CCC1C(C)=CCCC1(C)C. The van der Waals surface area contributed by atoms with E-state index >= 15 is 0 Å². The van der Waals surface area contributed by atoms with Gasteiger partial charge in [0.05, 0.1) is 6.26 Å². The fourth-order valence-electron chi connectivity index (χ4n) is 5.16. The average Bonchev–Trinajstić information content (AvgIpc) is 2.84. The molecule has 0 aromatic heterocycles. The molecule has 0 amide bonds. The van der Waals surface area contributed by atoms with Crippen LogP contribution in [0.2, 0.25) is 0 Å². The van der Waals surface area contributed by atoms with E-state index < -0.39 is 0 Å². The first-order valence-electron chi connectivity index (χ1n) is 14.7. The van der Waals surface area contributed by atoms with Crippen molar-refractivity contribution < 1.29 is 19.1 Å². The van der Waals surface area contributed by atoms with Crippen molar-refractivity contribution >= 4 is 11.9 Å². The first-order chi connectivity index (χ1) is 17.8. The van der Waals surface area contributed by atoms with Gasteiger partial charge in [0.15, 0.2) is 0 Å². The zero-order chi connectivity index (χ0) is 27.4. The lowest BCUT2D eigenvalue weighted by Gasteiger charge is -2.38. The molecule has 0 heterocycles. The maximum atomic E-state index is 12.3. The molecule has 4 heteroatoms. The highest BCUT2D eigenvalue weighted by molar-refractivity contribution is 5.69.